The zero-order valence-electron chi connectivity index (χ0n) is 18.5. The highest BCUT2D eigenvalue weighted by molar-refractivity contribution is 5.77. The maximum absolute atomic E-state index is 12.0. The predicted molar refractivity (Wildman–Crippen MR) is 123 cm³/mol. The number of hydrogen-bond donors (Lipinski definition) is 1. The molecule has 0 aliphatic carbocycles. The minimum Gasteiger partial charge on any atom is -0.484 e. The Kier molecular flexibility index (Phi) is 7.51. The van der Waals surface area contributed by atoms with Gasteiger partial charge in [-0.05, 0) is 70.1 Å². The minimum absolute atomic E-state index is 0.00118. The highest BCUT2D eigenvalue weighted by Gasteiger charge is 2.12. The van der Waals surface area contributed by atoms with Crippen molar-refractivity contribution >= 4 is 5.91 Å². The number of likely N-dealkylation sites (tertiary alicyclic amines) is 1. The third kappa shape index (κ3) is 6.17. The molecule has 1 aliphatic heterocycles. The van der Waals surface area contributed by atoms with Crippen LogP contribution in [0.1, 0.15) is 31.2 Å². The van der Waals surface area contributed by atoms with E-state index in [1.807, 2.05) is 43.3 Å². The quantitative estimate of drug-likeness (QED) is 0.511. The Morgan fingerprint density at radius 2 is 1.75 bits per heavy atom. The molecular formula is C25H30N4O3. The van der Waals surface area contributed by atoms with E-state index in [9.17, 15) is 4.79 Å². The van der Waals surface area contributed by atoms with E-state index >= 15 is 0 Å². The van der Waals surface area contributed by atoms with Crippen LogP contribution in [0.5, 0.6) is 5.75 Å². The summed E-state index contributed by atoms with van der Waals surface area (Å²) in [7, 11) is 0. The third-order valence-electron chi connectivity index (χ3n) is 5.63. The van der Waals surface area contributed by atoms with Crippen LogP contribution in [0, 0.1) is 6.92 Å². The second kappa shape index (κ2) is 10.9. The van der Waals surface area contributed by atoms with Crippen molar-refractivity contribution < 1.29 is 14.1 Å². The fourth-order valence-electron chi connectivity index (χ4n) is 3.77. The molecule has 7 nitrogen and oxygen atoms in total. The SMILES string of the molecule is Cc1ccc(-c2noc(-c3ccc(OCC(=O)NCCCN4CCCCC4)cc3)n2)cc1. The molecule has 1 aromatic heterocycles. The van der Waals surface area contributed by atoms with Gasteiger partial charge in [0.1, 0.15) is 5.75 Å². The number of rotatable bonds is 9. The van der Waals surface area contributed by atoms with Crippen LogP contribution in [-0.4, -0.2) is 53.7 Å². The second-order valence-corrected chi connectivity index (χ2v) is 8.21. The Morgan fingerprint density at radius 1 is 1.03 bits per heavy atom. The highest BCUT2D eigenvalue weighted by Crippen LogP contribution is 2.24. The van der Waals surface area contributed by atoms with Crippen molar-refractivity contribution in [3.63, 3.8) is 0 Å². The van der Waals surface area contributed by atoms with Crippen LogP contribution in [0.15, 0.2) is 53.1 Å². The number of carbonyl (C=O) groups excluding carboxylic acids is 1. The van der Waals surface area contributed by atoms with Crippen molar-refractivity contribution in [1.29, 1.82) is 0 Å². The van der Waals surface area contributed by atoms with Gasteiger partial charge in [-0.3, -0.25) is 4.79 Å². The van der Waals surface area contributed by atoms with Crippen LogP contribution in [0.2, 0.25) is 0 Å². The van der Waals surface area contributed by atoms with Crippen molar-refractivity contribution in [2.24, 2.45) is 0 Å². The second-order valence-electron chi connectivity index (χ2n) is 8.21. The number of nitrogens with one attached hydrogen (secondary N) is 1. The number of benzene rings is 2. The first kappa shape index (κ1) is 22.0. The molecule has 7 heteroatoms. The van der Waals surface area contributed by atoms with E-state index in [4.69, 9.17) is 9.26 Å². The molecule has 0 bridgehead atoms. The molecule has 2 aromatic carbocycles. The number of piperidine rings is 1. The lowest BCUT2D eigenvalue weighted by atomic mass is 10.1. The smallest absolute Gasteiger partial charge is 0.258 e. The van der Waals surface area contributed by atoms with Gasteiger partial charge in [0.05, 0.1) is 0 Å². The van der Waals surface area contributed by atoms with E-state index in [0.717, 1.165) is 24.1 Å². The molecule has 0 atom stereocenters. The summed E-state index contributed by atoms with van der Waals surface area (Å²) in [6.07, 6.45) is 4.89. The van der Waals surface area contributed by atoms with Gasteiger partial charge in [-0.2, -0.15) is 4.98 Å². The number of aromatic nitrogens is 2. The van der Waals surface area contributed by atoms with Crippen LogP contribution in [0.4, 0.5) is 0 Å². The van der Waals surface area contributed by atoms with E-state index < -0.39 is 0 Å². The Hall–Kier alpha value is -3.19. The molecule has 168 valence electrons. The van der Waals surface area contributed by atoms with Crippen LogP contribution in [0.3, 0.4) is 0 Å². The molecule has 1 saturated heterocycles. The van der Waals surface area contributed by atoms with E-state index in [1.54, 1.807) is 12.1 Å². The number of amides is 1. The van der Waals surface area contributed by atoms with E-state index in [1.165, 1.54) is 37.9 Å². The summed E-state index contributed by atoms with van der Waals surface area (Å²) in [5.41, 5.74) is 2.89. The van der Waals surface area contributed by atoms with Gasteiger partial charge in [0, 0.05) is 17.7 Å². The van der Waals surface area contributed by atoms with Gasteiger partial charge in [-0.25, -0.2) is 0 Å². The van der Waals surface area contributed by atoms with Crippen molar-refractivity contribution in [3.05, 3.63) is 54.1 Å². The average Bonchev–Trinajstić information content (AvgIpc) is 3.32. The van der Waals surface area contributed by atoms with Gasteiger partial charge >= 0.3 is 0 Å². The minimum atomic E-state index is -0.104. The van der Waals surface area contributed by atoms with E-state index in [-0.39, 0.29) is 12.5 Å². The lowest BCUT2D eigenvalue weighted by Crippen LogP contribution is -2.34. The van der Waals surface area contributed by atoms with Crippen molar-refractivity contribution in [3.8, 4) is 28.6 Å². The van der Waals surface area contributed by atoms with Gasteiger partial charge in [-0.15, -0.1) is 0 Å². The lowest BCUT2D eigenvalue weighted by Gasteiger charge is -2.26. The molecule has 32 heavy (non-hydrogen) atoms. The number of aryl methyl sites for hydroxylation is 1. The molecule has 0 unspecified atom stereocenters. The monoisotopic (exact) mass is 434 g/mol. The topological polar surface area (TPSA) is 80.5 Å². The maximum Gasteiger partial charge on any atom is 0.258 e. The van der Waals surface area contributed by atoms with Crippen LogP contribution >= 0.6 is 0 Å². The molecule has 0 spiro atoms. The van der Waals surface area contributed by atoms with Crippen molar-refractivity contribution in [2.45, 2.75) is 32.6 Å². The van der Waals surface area contributed by atoms with Crippen LogP contribution in [-0.2, 0) is 4.79 Å². The molecule has 2 heterocycles. The number of carbonyl (C=O) groups is 1. The summed E-state index contributed by atoms with van der Waals surface area (Å²) < 4.78 is 11.0. The third-order valence-corrected chi connectivity index (χ3v) is 5.63. The number of ether oxygens (including phenoxy) is 1. The Morgan fingerprint density at radius 3 is 2.50 bits per heavy atom. The normalized spacial score (nSPS) is 14.3. The molecule has 4 rings (SSSR count). The summed E-state index contributed by atoms with van der Waals surface area (Å²) in [6, 6.07) is 15.3. The Bertz CT molecular complexity index is 993. The van der Waals surface area contributed by atoms with Crippen LogP contribution in [0.25, 0.3) is 22.8 Å². The fraction of sp³-hybridized carbons (Fsp3) is 0.400. The van der Waals surface area contributed by atoms with Crippen LogP contribution < -0.4 is 10.1 Å². The predicted octanol–water partition coefficient (Wildman–Crippen LogP) is 4.08. The molecule has 0 radical (unpaired) electrons. The van der Waals surface area contributed by atoms with Crippen molar-refractivity contribution in [1.82, 2.24) is 20.4 Å². The van der Waals surface area contributed by atoms with Gasteiger partial charge < -0.3 is 19.5 Å². The molecule has 1 aliphatic rings. The summed E-state index contributed by atoms with van der Waals surface area (Å²) in [5.74, 6) is 1.51. The van der Waals surface area contributed by atoms with Gasteiger partial charge in [0.2, 0.25) is 5.82 Å². The number of nitrogens with zero attached hydrogens (tertiary/aromatic N) is 3. The largest absolute Gasteiger partial charge is 0.484 e. The summed E-state index contributed by atoms with van der Waals surface area (Å²) in [6.45, 7) is 6.13. The van der Waals surface area contributed by atoms with E-state index in [0.29, 0.717) is 24.0 Å². The first-order valence-electron chi connectivity index (χ1n) is 11.3. The lowest BCUT2D eigenvalue weighted by molar-refractivity contribution is -0.123. The van der Waals surface area contributed by atoms with Gasteiger partial charge in [-0.1, -0.05) is 41.4 Å². The molecule has 1 N–H and O–H groups in total. The molecule has 3 aromatic rings. The molecule has 1 amide bonds. The first-order valence-corrected chi connectivity index (χ1v) is 11.3. The molecule has 0 saturated carbocycles. The van der Waals surface area contributed by atoms with Gasteiger partial charge in [0.15, 0.2) is 6.61 Å². The van der Waals surface area contributed by atoms with Gasteiger partial charge in [0.25, 0.3) is 11.8 Å². The summed E-state index contributed by atoms with van der Waals surface area (Å²) in [5, 5.41) is 6.99. The van der Waals surface area contributed by atoms with Crippen molar-refractivity contribution in [2.75, 3.05) is 32.8 Å². The summed E-state index contributed by atoms with van der Waals surface area (Å²) >= 11 is 0. The Balaban J connectivity index is 1.21. The average molecular weight is 435 g/mol. The molecular weight excluding hydrogens is 404 g/mol. The maximum atomic E-state index is 12.0. The first-order chi connectivity index (χ1) is 15.7. The zero-order chi connectivity index (χ0) is 22.2. The Labute approximate surface area is 188 Å². The zero-order valence-corrected chi connectivity index (χ0v) is 18.5. The summed E-state index contributed by atoms with van der Waals surface area (Å²) in [4.78, 5) is 19.0. The highest BCUT2D eigenvalue weighted by atomic mass is 16.5. The fourth-order valence-corrected chi connectivity index (χ4v) is 3.77. The standard InChI is InChI=1S/C25H30N4O3/c1-19-6-8-20(9-7-19)24-27-25(32-28-24)21-10-12-22(13-11-21)31-18-23(30)26-14-5-17-29-15-3-2-4-16-29/h6-13H,2-5,14-18H2,1H3,(H,26,30). The molecule has 1 fully saturated rings. The number of hydrogen-bond acceptors (Lipinski definition) is 6. The van der Waals surface area contributed by atoms with E-state index in [2.05, 4.69) is 20.4 Å².